The van der Waals surface area contributed by atoms with Crippen LogP contribution in [0.25, 0.3) is 0 Å². The van der Waals surface area contributed by atoms with E-state index in [1.54, 1.807) is 37.4 Å². The monoisotopic (exact) mass is 380 g/mol. The summed E-state index contributed by atoms with van der Waals surface area (Å²) >= 11 is 0. The van der Waals surface area contributed by atoms with Gasteiger partial charge in [-0.3, -0.25) is 19.9 Å². The van der Waals surface area contributed by atoms with Gasteiger partial charge in [-0.2, -0.15) is 0 Å². The molecule has 0 saturated carbocycles. The quantitative estimate of drug-likeness (QED) is 0.690. The van der Waals surface area contributed by atoms with Gasteiger partial charge in [-0.05, 0) is 37.5 Å². The number of anilines is 2. The molecule has 0 aliphatic carbocycles. The minimum absolute atomic E-state index is 0.216. The Kier molecular flexibility index (Phi) is 4.42. The van der Waals surface area contributed by atoms with Gasteiger partial charge in [-0.1, -0.05) is 12.1 Å². The Morgan fingerprint density at radius 3 is 2.71 bits per heavy atom. The zero-order chi connectivity index (χ0) is 19.7. The molecule has 28 heavy (non-hydrogen) atoms. The molecule has 3 heterocycles. The SMILES string of the molecule is CC1(c2cccc(NC(=O)c3cncc(N4CCCC4)n3)c2)NC(=O)NC1=O. The van der Waals surface area contributed by atoms with Crippen molar-refractivity contribution in [2.24, 2.45) is 0 Å². The lowest BCUT2D eigenvalue weighted by molar-refractivity contribution is -0.123. The van der Waals surface area contributed by atoms with Crippen molar-refractivity contribution >= 4 is 29.4 Å². The largest absolute Gasteiger partial charge is 0.355 e. The number of nitrogens with zero attached hydrogens (tertiary/aromatic N) is 3. The Labute approximate surface area is 161 Å². The molecule has 9 heteroatoms. The maximum atomic E-state index is 12.6. The average molecular weight is 380 g/mol. The van der Waals surface area contributed by atoms with Gasteiger partial charge in [0.1, 0.15) is 17.1 Å². The third kappa shape index (κ3) is 3.26. The highest BCUT2D eigenvalue weighted by atomic mass is 16.2. The highest BCUT2D eigenvalue weighted by molar-refractivity contribution is 6.07. The molecule has 2 aromatic rings. The summed E-state index contributed by atoms with van der Waals surface area (Å²) < 4.78 is 0. The molecule has 2 aliphatic heterocycles. The first-order valence-electron chi connectivity index (χ1n) is 9.08. The van der Waals surface area contributed by atoms with Crippen LogP contribution in [-0.4, -0.2) is 40.9 Å². The molecule has 4 amide bonds. The summed E-state index contributed by atoms with van der Waals surface area (Å²) in [5, 5.41) is 7.61. The number of carbonyl (C=O) groups excluding carboxylic acids is 3. The molecule has 1 aromatic carbocycles. The Bertz CT molecular complexity index is 956. The predicted molar refractivity (Wildman–Crippen MR) is 102 cm³/mol. The fourth-order valence-corrected chi connectivity index (χ4v) is 3.41. The van der Waals surface area contributed by atoms with Gasteiger partial charge in [0.25, 0.3) is 11.8 Å². The van der Waals surface area contributed by atoms with E-state index in [0.29, 0.717) is 17.1 Å². The number of urea groups is 1. The molecule has 9 nitrogen and oxygen atoms in total. The van der Waals surface area contributed by atoms with Crippen LogP contribution in [0.3, 0.4) is 0 Å². The smallest absolute Gasteiger partial charge is 0.322 e. The van der Waals surface area contributed by atoms with Crippen LogP contribution in [-0.2, 0) is 10.3 Å². The van der Waals surface area contributed by atoms with Crippen LogP contribution in [0.1, 0.15) is 35.8 Å². The predicted octanol–water partition coefficient (Wildman–Crippen LogP) is 1.38. The van der Waals surface area contributed by atoms with Gasteiger partial charge in [-0.25, -0.2) is 9.78 Å². The van der Waals surface area contributed by atoms with Crippen LogP contribution in [0, 0.1) is 0 Å². The van der Waals surface area contributed by atoms with Crippen LogP contribution in [0.2, 0.25) is 0 Å². The molecule has 1 aromatic heterocycles. The van der Waals surface area contributed by atoms with E-state index >= 15 is 0 Å². The molecule has 144 valence electrons. The maximum Gasteiger partial charge on any atom is 0.322 e. The summed E-state index contributed by atoms with van der Waals surface area (Å²) in [6.45, 7) is 3.43. The van der Waals surface area contributed by atoms with E-state index in [4.69, 9.17) is 0 Å². The van der Waals surface area contributed by atoms with E-state index in [2.05, 4.69) is 30.8 Å². The van der Waals surface area contributed by atoms with Gasteiger partial charge in [0.2, 0.25) is 0 Å². The molecule has 2 fully saturated rings. The number of amides is 4. The number of carbonyl (C=O) groups is 3. The number of aromatic nitrogens is 2. The Balaban J connectivity index is 1.53. The van der Waals surface area contributed by atoms with Crippen LogP contribution < -0.4 is 20.9 Å². The molecule has 1 atom stereocenters. The van der Waals surface area contributed by atoms with E-state index in [-0.39, 0.29) is 5.69 Å². The third-order valence-corrected chi connectivity index (χ3v) is 5.03. The first kappa shape index (κ1) is 17.9. The van der Waals surface area contributed by atoms with E-state index in [0.717, 1.165) is 25.9 Å². The molecule has 0 bridgehead atoms. The molecule has 3 N–H and O–H groups in total. The summed E-state index contributed by atoms with van der Waals surface area (Å²) in [5.74, 6) is -0.141. The standard InChI is InChI=1S/C19H20N6O3/c1-19(17(27)23-18(28)24-19)12-5-4-6-13(9-12)21-16(26)14-10-20-11-15(22-14)25-7-2-3-8-25/h4-6,9-11H,2-3,7-8H2,1H3,(H,21,26)(H2,23,24,27,28). The molecule has 4 rings (SSSR count). The number of hydrogen-bond donors (Lipinski definition) is 3. The Morgan fingerprint density at radius 2 is 2.00 bits per heavy atom. The second kappa shape index (κ2) is 6.91. The minimum Gasteiger partial charge on any atom is -0.355 e. The normalized spacial score (nSPS) is 21.4. The van der Waals surface area contributed by atoms with Crippen LogP contribution in [0.4, 0.5) is 16.3 Å². The van der Waals surface area contributed by atoms with Crippen molar-refractivity contribution in [3.8, 4) is 0 Å². The molecule has 0 spiro atoms. The van der Waals surface area contributed by atoms with Crippen molar-refractivity contribution in [3.05, 3.63) is 47.9 Å². The maximum absolute atomic E-state index is 12.6. The van der Waals surface area contributed by atoms with Crippen molar-refractivity contribution in [2.45, 2.75) is 25.3 Å². The molecular formula is C19H20N6O3. The number of rotatable bonds is 4. The van der Waals surface area contributed by atoms with Crippen LogP contribution in [0.15, 0.2) is 36.7 Å². The lowest BCUT2D eigenvalue weighted by Gasteiger charge is -2.21. The summed E-state index contributed by atoms with van der Waals surface area (Å²) in [4.78, 5) is 46.9. The lowest BCUT2D eigenvalue weighted by Crippen LogP contribution is -2.40. The fourth-order valence-electron chi connectivity index (χ4n) is 3.41. The summed E-state index contributed by atoms with van der Waals surface area (Å²) in [5.41, 5.74) is 0.0809. The summed E-state index contributed by atoms with van der Waals surface area (Å²) in [6.07, 6.45) is 5.29. The minimum atomic E-state index is -1.19. The summed E-state index contributed by atoms with van der Waals surface area (Å²) in [7, 11) is 0. The number of imide groups is 1. The Hall–Kier alpha value is -3.49. The number of benzene rings is 1. The van der Waals surface area contributed by atoms with Crippen molar-refractivity contribution in [1.29, 1.82) is 0 Å². The van der Waals surface area contributed by atoms with Crippen molar-refractivity contribution in [3.63, 3.8) is 0 Å². The molecule has 0 radical (unpaired) electrons. The average Bonchev–Trinajstić information content (AvgIpc) is 3.31. The van der Waals surface area contributed by atoms with E-state index in [1.807, 2.05) is 0 Å². The van der Waals surface area contributed by atoms with Crippen LogP contribution in [0.5, 0.6) is 0 Å². The molecule has 2 aliphatic rings. The second-order valence-corrected chi connectivity index (χ2v) is 7.02. The van der Waals surface area contributed by atoms with Gasteiger partial charge in [-0.15, -0.1) is 0 Å². The van der Waals surface area contributed by atoms with Gasteiger partial charge >= 0.3 is 6.03 Å². The Morgan fingerprint density at radius 1 is 1.21 bits per heavy atom. The molecule has 2 saturated heterocycles. The van der Waals surface area contributed by atoms with E-state index < -0.39 is 23.4 Å². The van der Waals surface area contributed by atoms with Crippen molar-refractivity contribution in [1.82, 2.24) is 20.6 Å². The number of nitrogens with one attached hydrogen (secondary N) is 3. The van der Waals surface area contributed by atoms with Crippen molar-refractivity contribution in [2.75, 3.05) is 23.3 Å². The zero-order valence-corrected chi connectivity index (χ0v) is 15.4. The van der Waals surface area contributed by atoms with Gasteiger partial charge in [0, 0.05) is 18.8 Å². The van der Waals surface area contributed by atoms with Gasteiger partial charge in [0.15, 0.2) is 0 Å². The highest BCUT2D eigenvalue weighted by Crippen LogP contribution is 2.26. The highest BCUT2D eigenvalue weighted by Gasteiger charge is 2.43. The summed E-state index contributed by atoms with van der Waals surface area (Å²) in [6, 6.07) is 6.24. The first-order chi connectivity index (χ1) is 13.5. The molecular weight excluding hydrogens is 360 g/mol. The third-order valence-electron chi connectivity index (χ3n) is 5.03. The van der Waals surface area contributed by atoms with Crippen LogP contribution >= 0.6 is 0 Å². The van der Waals surface area contributed by atoms with Crippen molar-refractivity contribution < 1.29 is 14.4 Å². The second-order valence-electron chi connectivity index (χ2n) is 7.02. The zero-order valence-electron chi connectivity index (χ0n) is 15.4. The number of hydrogen-bond acceptors (Lipinski definition) is 6. The van der Waals surface area contributed by atoms with E-state index in [1.165, 1.54) is 6.20 Å². The first-order valence-corrected chi connectivity index (χ1v) is 9.08. The lowest BCUT2D eigenvalue weighted by atomic mass is 9.92. The van der Waals surface area contributed by atoms with E-state index in [9.17, 15) is 14.4 Å². The topological polar surface area (TPSA) is 116 Å². The van der Waals surface area contributed by atoms with Gasteiger partial charge in [0.05, 0.1) is 12.4 Å². The molecule has 1 unspecified atom stereocenters. The fraction of sp³-hybridized carbons (Fsp3) is 0.316. The van der Waals surface area contributed by atoms with Gasteiger partial charge < -0.3 is 15.5 Å².